The largest absolute Gasteiger partial charge is 0.492 e. The van der Waals surface area contributed by atoms with Gasteiger partial charge in [0.1, 0.15) is 19.0 Å². The molecule has 4 aliphatic rings. The van der Waals surface area contributed by atoms with Gasteiger partial charge in [-0.2, -0.15) is 0 Å². The number of nitrogens with one attached hydrogen (secondary N) is 3. The number of rotatable bonds is 6. The fraction of sp³-hybridized carbons (Fsp3) is 0.682. The molecule has 3 aliphatic heterocycles. The van der Waals surface area contributed by atoms with Crippen molar-refractivity contribution in [1.29, 1.82) is 0 Å². The van der Waals surface area contributed by atoms with Crippen molar-refractivity contribution in [2.45, 2.75) is 43.4 Å². The maximum absolute atomic E-state index is 12.5. The van der Waals surface area contributed by atoms with Gasteiger partial charge in [-0.25, -0.2) is 4.79 Å². The van der Waals surface area contributed by atoms with Gasteiger partial charge in [0, 0.05) is 57.5 Å². The Morgan fingerprint density at radius 2 is 1.87 bits per heavy atom. The molecule has 30 heavy (non-hydrogen) atoms. The van der Waals surface area contributed by atoms with Crippen LogP contribution >= 0.6 is 0 Å². The summed E-state index contributed by atoms with van der Waals surface area (Å²) in [5, 5.41) is 10.4. The number of cyclic esters (lactones) is 1. The zero-order valence-electron chi connectivity index (χ0n) is 17.5. The van der Waals surface area contributed by atoms with Gasteiger partial charge < -0.3 is 25.4 Å². The minimum absolute atomic E-state index is 0.0108. The third-order valence-corrected chi connectivity index (χ3v) is 7.01. The Kier molecular flexibility index (Phi) is 6.08. The second kappa shape index (κ2) is 9.09. The van der Waals surface area contributed by atoms with Crippen molar-refractivity contribution in [3.05, 3.63) is 29.8 Å². The van der Waals surface area contributed by atoms with Gasteiger partial charge in [0.2, 0.25) is 0 Å². The van der Waals surface area contributed by atoms with Gasteiger partial charge in [0.25, 0.3) is 0 Å². The molecule has 3 unspecified atom stereocenters. The highest BCUT2D eigenvalue weighted by atomic mass is 16.6. The Bertz CT molecular complexity index is 724. The van der Waals surface area contributed by atoms with E-state index in [0.29, 0.717) is 25.3 Å². The molecule has 3 heterocycles. The SMILES string of the molecule is O=C1OC[C@H](c2ccc(OCCN3CCNCC3)cc2)N1C1CCC2NCNC2C1. The molecular weight excluding hydrogens is 382 g/mol. The average Bonchev–Trinajstić information content (AvgIpc) is 3.41. The number of hydrogen-bond acceptors (Lipinski definition) is 7. The number of benzene rings is 1. The van der Waals surface area contributed by atoms with Crippen molar-refractivity contribution in [3.63, 3.8) is 0 Å². The minimum Gasteiger partial charge on any atom is -0.492 e. The summed E-state index contributed by atoms with van der Waals surface area (Å²) in [4.78, 5) is 16.9. The summed E-state index contributed by atoms with van der Waals surface area (Å²) in [5.74, 6) is 0.882. The molecule has 1 aromatic carbocycles. The maximum atomic E-state index is 12.5. The number of nitrogens with zero attached hydrogens (tertiary/aromatic N) is 2. The molecule has 3 saturated heterocycles. The van der Waals surface area contributed by atoms with Crippen LogP contribution in [-0.2, 0) is 4.74 Å². The Hall–Kier alpha value is -1.87. The minimum atomic E-state index is -0.175. The van der Waals surface area contributed by atoms with E-state index in [9.17, 15) is 4.79 Å². The first-order valence-corrected chi connectivity index (χ1v) is 11.4. The number of amides is 1. The highest BCUT2D eigenvalue weighted by Gasteiger charge is 2.43. The molecule has 1 amide bonds. The summed E-state index contributed by atoms with van der Waals surface area (Å²) in [6, 6.07) is 9.42. The lowest BCUT2D eigenvalue weighted by molar-refractivity contribution is 0.124. The van der Waals surface area contributed by atoms with Crippen LogP contribution in [0.15, 0.2) is 24.3 Å². The topological polar surface area (TPSA) is 78.1 Å². The van der Waals surface area contributed by atoms with E-state index in [1.54, 1.807) is 0 Å². The molecule has 0 spiro atoms. The summed E-state index contributed by atoms with van der Waals surface area (Å²) in [6.45, 7) is 7.23. The van der Waals surface area contributed by atoms with Gasteiger partial charge in [-0.15, -0.1) is 0 Å². The molecule has 5 rings (SSSR count). The van der Waals surface area contributed by atoms with Crippen molar-refractivity contribution in [2.24, 2.45) is 0 Å². The molecule has 1 aromatic rings. The molecule has 3 N–H and O–H groups in total. The molecule has 8 nitrogen and oxygen atoms in total. The predicted octanol–water partition coefficient (Wildman–Crippen LogP) is 0.904. The Morgan fingerprint density at radius 3 is 2.70 bits per heavy atom. The first kappa shape index (κ1) is 20.1. The van der Waals surface area contributed by atoms with Crippen LogP contribution in [0.2, 0.25) is 0 Å². The summed E-state index contributed by atoms with van der Waals surface area (Å²) in [5.41, 5.74) is 1.12. The molecular formula is C22H33N5O3. The number of piperazine rings is 1. The zero-order valence-corrected chi connectivity index (χ0v) is 17.5. The van der Waals surface area contributed by atoms with Crippen molar-refractivity contribution in [1.82, 2.24) is 25.8 Å². The molecule has 8 heteroatoms. The monoisotopic (exact) mass is 415 g/mol. The van der Waals surface area contributed by atoms with E-state index >= 15 is 0 Å². The van der Waals surface area contributed by atoms with E-state index in [2.05, 4.69) is 33.0 Å². The Balaban J connectivity index is 1.18. The standard InChI is InChI=1S/C22H33N5O3/c28-22-27(17-3-6-19-20(13-17)25-15-24-19)21(14-30-22)16-1-4-18(5-2-16)29-12-11-26-9-7-23-8-10-26/h1-2,4-5,17,19-21,23-25H,3,6-15H2/t17?,19?,20?,21-/m1/s1. The van der Waals surface area contributed by atoms with Crippen LogP contribution in [0, 0.1) is 0 Å². The molecule has 1 saturated carbocycles. The average molecular weight is 416 g/mol. The van der Waals surface area contributed by atoms with Crippen LogP contribution in [-0.4, -0.2) is 86.6 Å². The smallest absolute Gasteiger partial charge is 0.410 e. The van der Waals surface area contributed by atoms with Crippen molar-refractivity contribution in [2.75, 3.05) is 52.6 Å². The lowest BCUT2D eigenvalue weighted by atomic mass is 9.86. The molecule has 0 radical (unpaired) electrons. The molecule has 164 valence electrons. The molecule has 0 bridgehead atoms. The third kappa shape index (κ3) is 4.27. The number of fused-ring (bicyclic) bond motifs is 1. The van der Waals surface area contributed by atoms with Crippen molar-refractivity contribution >= 4 is 6.09 Å². The Labute approximate surface area is 178 Å². The molecule has 0 aromatic heterocycles. The van der Waals surface area contributed by atoms with E-state index in [0.717, 1.165) is 70.0 Å². The number of carbonyl (C=O) groups is 1. The highest BCUT2D eigenvalue weighted by Crippen LogP contribution is 2.36. The lowest BCUT2D eigenvalue weighted by Gasteiger charge is -2.38. The van der Waals surface area contributed by atoms with Crippen LogP contribution in [0.25, 0.3) is 0 Å². The van der Waals surface area contributed by atoms with Gasteiger partial charge in [-0.1, -0.05) is 12.1 Å². The van der Waals surface area contributed by atoms with E-state index in [4.69, 9.17) is 9.47 Å². The third-order valence-electron chi connectivity index (χ3n) is 7.01. The second-order valence-corrected chi connectivity index (χ2v) is 8.77. The van der Waals surface area contributed by atoms with E-state index < -0.39 is 0 Å². The number of hydrogen-bond donors (Lipinski definition) is 3. The van der Waals surface area contributed by atoms with Crippen LogP contribution in [0.3, 0.4) is 0 Å². The van der Waals surface area contributed by atoms with E-state index in [1.807, 2.05) is 17.0 Å². The second-order valence-electron chi connectivity index (χ2n) is 8.77. The fourth-order valence-corrected chi connectivity index (χ4v) is 5.30. The first-order valence-electron chi connectivity index (χ1n) is 11.4. The van der Waals surface area contributed by atoms with Crippen molar-refractivity contribution in [3.8, 4) is 5.75 Å². The summed E-state index contributed by atoms with van der Waals surface area (Å²) < 4.78 is 11.4. The van der Waals surface area contributed by atoms with E-state index in [1.165, 1.54) is 0 Å². The quantitative estimate of drug-likeness (QED) is 0.637. The van der Waals surface area contributed by atoms with Crippen LogP contribution < -0.4 is 20.7 Å². The number of ether oxygens (including phenoxy) is 2. The fourth-order valence-electron chi connectivity index (χ4n) is 5.30. The van der Waals surface area contributed by atoms with Gasteiger partial charge in [0.05, 0.1) is 6.04 Å². The summed E-state index contributed by atoms with van der Waals surface area (Å²) >= 11 is 0. The highest BCUT2D eigenvalue weighted by molar-refractivity contribution is 5.71. The molecule has 1 aliphatic carbocycles. The van der Waals surface area contributed by atoms with Crippen LogP contribution in [0.5, 0.6) is 5.75 Å². The van der Waals surface area contributed by atoms with Gasteiger partial charge in [-0.3, -0.25) is 9.80 Å². The van der Waals surface area contributed by atoms with Crippen molar-refractivity contribution < 1.29 is 14.3 Å². The number of carbonyl (C=O) groups excluding carboxylic acids is 1. The Morgan fingerprint density at radius 1 is 1.07 bits per heavy atom. The van der Waals surface area contributed by atoms with Crippen LogP contribution in [0.1, 0.15) is 30.9 Å². The lowest BCUT2D eigenvalue weighted by Crippen LogP contribution is -2.49. The maximum Gasteiger partial charge on any atom is 0.410 e. The summed E-state index contributed by atoms with van der Waals surface area (Å²) in [6.07, 6.45) is 2.93. The summed E-state index contributed by atoms with van der Waals surface area (Å²) in [7, 11) is 0. The molecule has 4 atom stereocenters. The molecule has 4 fully saturated rings. The first-order chi connectivity index (χ1) is 14.8. The van der Waals surface area contributed by atoms with Gasteiger partial charge >= 0.3 is 6.09 Å². The van der Waals surface area contributed by atoms with Gasteiger partial charge in [-0.05, 0) is 37.0 Å². The normalized spacial score (nSPS) is 32.1. The zero-order chi connectivity index (χ0) is 20.3. The van der Waals surface area contributed by atoms with E-state index in [-0.39, 0.29) is 18.2 Å². The van der Waals surface area contributed by atoms with Crippen LogP contribution in [0.4, 0.5) is 4.79 Å². The van der Waals surface area contributed by atoms with Gasteiger partial charge in [0.15, 0.2) is 0 Å². The predicted molar refractivity (Wildman–Crippen MR) is 114 cm³/mol.